The molecule has 0 bridgehead atoms. The number of ether oxygens (including phenoxy) is 1. The molecule has 0 aliphatic heterocycles. The molecule has 1 aliphatic rings. The van der Waals surface area contributed by atoms with Crippen LogP contribution in [0.3, 0.4) is 0 Å². The Morgan fingerprint density at radius 3 is 2.63 bits per heavy atom. The van der Waals surface area contributed by atoms with Crippen molar-refractivity contribution in [1.29, 1.82) is 0 Å². The normalized spacial score (nSPS) is 20.1. The highest BCUT2D eigenvalue weighted by Gasteiger charge is 2.44. The van der Waals surface area contributed by atoms with Crippen LogP contribution in [0.1, 0.15) is 64.3 Å². The largest absolute Gasteiger partial charge is 0.384 e. The molecule has 4 nitrogen and oxygen atoms in total. The second-order valence-electron chi connectivity index (χ2n) is 5.52. The number of aliphatic hydroxyl groups is 1. The highest BCUT2D eigenvalue weighted by atomic mass is 79.9. The van der Waals surface area contributed by atoms with Crippen LogP contribution in [0.15, 0.2) is 10.7 Å². The minimum Gasteiger partial charge on any atom is -0.384 e. The van der Waals surface area contributed by atoms with E-state index >= 15 is 0 Å². The lowest BCUT2D eigenvalue weighted by Gasteiger charge is -2.35. The molecule has 1 N–H and O–H groups in total. The molecular formula is C14H23BrN2O2. The van der Waals surface area contributed by atoms with E-state index in [0.29, 0.717) is 6.61 Å². The van der Waals surface area contributed by atoms with E-state index < -0.39 is 11.7 Å². The van der Waals surface area contributed by atoms with Gasteiger partial charge in [0.25, 0.3) is 0 Å². The van der Waals surface area contributed by atoms with Gasteiger partial charge in [0.2, 0.25) is 0 Å². The van der Waals surface area contributed by atoms with Crippen molar-refractivity contribution in [1.82, 2.24) is 9.78 Å². The average Bonchev–Trinajstić information content (AvgIpc) is 2.96. The molecule has 0 radical (unpaired) electrons. The smallest absolute Gasteiger partial charge is 0.126 e. The minimum absolute atomic E-state index is 0.219. The van der Waals surface area contributed by atoms with Gasteiger partial charge >= 0.3 is 0 Å². The fourth-order valence-electron chi connectivity index (χ4n) is 3.02. The Kier molecular flexibility index (Phi) is 4.69. The van der Waals surface area contributed by atoms with Crippen molar-refractivity contribution < 1.29 is 9.84 Å². The van der Waals surface area contributed by atoms with Crippen LogP contribution >= 0.6 is 15.9 Å². The van der Waals surface area contributed by atoms with Crippen LogP contribution < -0.4 is 0 Å². The van der Waals surface area contributed by atoms with Gasteiger partial charge in [-0.1, -0.05) is 12.8 Å². The Morgan fingerprint density at radius 1 is 1.47 bits per heavy atom. The zero-order valence-corrected chi connectivity index (χ0v) is 13.5. The molecular weight excluding hydrogens is 308 g/mol. The Bertz CT molecular complexity index is 425. The quantitative estimate of drug-likeness (QED) is 0.897. The molecule has 0 spiro atoms. The van der Waals surface area contributed by atoms with Crippen molar-refractivity contribution in [3.05, 3.63) is 16.4 Å². The molecule has 1 saturated carbocycles. The van der Waals surface area contributed by atoms with Crippen LogP contribution in [0.2, 0.25) is 0 Å². The summed E-state index contributed by atoms with van der Waals surface area (Å²) in [5, 5.41) is 15.2. The van der Waals surface area contributed by atoms with Crippen LogP contribution in [-0.2, 0) is 4.74 Å². The van der Waals surface area contributed by atoms with E-state index in [1.807, 2.05) is 11.6 Å². The van der Waals surface area contributed by atoms with E-state index in [-0.39, 0.29) is 6.04 Å². The first-order chi connectivity index (χ1) is 9.02. The van der Waals surface area contributed by atoms with Gasteiger partial charge in [-0.2, -0.15) is 5.10 Å². The van der Waals surface area contributed by atoms with Crippen LogP contribution in [0.4, 0.5) is 0 Å². The zero-order chi connectivity index (χ0) is 14.0. The molecule has 1 atom stereocenters. The summed E-state index contributed by atoms with van der Waals surface area (Å²) in [6.45, 7) is 6.75. The summed E-state index contributed by atoms with van der Waals surface area (Å²) in [6.07, 6.45) is 5.19. The number of aliphatic hydroxyl groups excluding tert-OH is 1. The maximum atomic E-state index is 10.9. The van der Waals surface area contributed by atoms with Gasteiger partial charge in [0.1, 0.15) is 6.10 Å². The Morgan fingerprint density at radius 2 is 2.11 bits per heavy atom. The van der Waals surface area contributed by atoms with Gasteiger partial charge in [-0.3, -0.25) is 4.68 Å². The number of hydrogen-bond donors (Lipinski definition) is 1. The maximum absolute atomic E-state index is 10.9. The average molecular weight is 331 g/mol. The van der Waals surface area contributed by atoms with Crippen molar-refractivity contribution in [3.63, 3.8) is 0 Å². The van der Waals surface area contributed by atoms with Crippen molar-refractivity contribution in [2.45, 2.75) is 64.2 Å². The van der Waals surface area contributed by atoms with Gasteiger partial charge in [-0.05, 0) is 49.5 Å². The number of rotatable bonds is 5. The second-order valence-corrected chi connectivity index (χ2v) is 6.38. The maximum Gasteiger partial charge on any atom is 0.126 e. The van der Waals surface area contributed by atoms with Crippen molar-refractivity contribution in [3.8, 4) is 0 Å². The number of aromatic nitrogens is 2. The van der Waals surface area contributed by atoms with Crippen LogP contribution in [-0.4, -0.2) is 27.1 Å². The SMILES string of the molecule is CCOC1(C(O)c2c(Br)cnn2C(C)C)CCCC1. The minimum atomic E-state index is -0.630. The molecule has 1 heterocycles. The number of halogens is 1. The fraction of sp³-hybridized carbons (Fsp3) is 0.786. The van der Waals surface area contributed by atoms with E-state index in [0.717, 1.165) is 35.8 Å². The first-order valence-electron chi connectivity index (χ1n) is 7.06. The van der Waals surface area contributed by atoms with Crippen LogP contribution in [0, 0.1) is 0 Å². The zero-order valence-electron chi connectivity index (χ0n) is 11.9. The predicted molar refractivity (Wildman–Crippen MR) is 78.1 cm³/mol. The predicted octanol–water partition coefficient (Wildman–Crippen LogP) is 3.61. The molecule has 1 unspecified atom stereocenters. The molecule has 0 aromatic carbocycles. The topological polar surface area (TPSA) is 47.3 Å². The second kappa shape index (κ2) is 5.94. The molecule has 19 heavy (non-hydrogen) atoms. The van der Waals surface area contributed by atoms with Crippen LogP contribution in [0.25, 0.3) is 0 Å². The van der Waals surface area contributed by atoms with Crippen molar-refractivity contribution in [2.75, 3.05) is 6.61 Å². The summed E-state index contributed by atoms with van der Waals surface area (Å²) < 4.78 is 8.70. The van der Waals surface area contributed by atoms with Crippen molar-refractivity contribution in [2.24, 2.45) is 0 Å². The van der Waals surface area contributed by atoms with E-state index in [4.69, 9.17) is 4.74 Å². The van der Waals surface area contributed by atoms with Gasteiger partial charge in [0.15, 0.2) is 0 Å². The van der Waals surface area contributed by atoms with Crippen molar-refractivity contribution >= 4 is 15.9 Å². The van der Waals surface area contributed by atoms with E-state index in [2.05, 4.69) is 34.9 Å². The number of hydrogen-bond acceptors (Lipinski definition) is 3. The highest BCUT2D eigenvalue weighted by molar-refractivity contribution is 9.10. The molecule has 2 rings (SSSR count). The van der Waals surface area contributed by atoms with Gasteiger partial charge in [0.05, 0.1) is 22.0 Å². The van der Waals surface area contributed by atoms with Gasteiger partial charge in [0, 0.05) is 12.6 Å². The third-order valence-electron chi connectivity index (χ3n) is 3.92. The van der Waals surface area contributed by atoms with E-state index in [9.17, 15) is 5.11 Å². The molecule has 1 aliphatic carbocycles. The first kappa shape index (κ1) is 15.0. The number of nitrogens with zero attached hydrogens (tertiary/aromatic N) is 2. The van der Waals surface area contributed by atoms with E-state index in [1.165, 1.54) is 0 Å². The summed E-state index contributed by atoms with van der Waals surface area (Å²) in [4.78, 5) is 0. The van der Waals surface area contributed by atoms with Crippen LogP contribution in [0.5, 0.6) is 0 Å². The summed E-state index contributed by atoms with van der Waals surface area (Å²) in [5.41, 5.74) is 0.398. The Balaban J connectivity index is 2.36. The lowest BCUT2D eigenvalue weighted by molar-refractivity contribution is -0.121. The summed E-state index contributed by atoms with van der Waals surface area (Å²) in [6, 6.07) is 0.219. The van der Waals surface area contributed by atoms with Gasteiger partial charge in [-0.25, -0.2) is 0 Å². The highest BCUT2D eigenvalue weighted by Crippen LogP contribution is 2.44. The Labute approximate surface area is 123 Å². The third kappa shape index (κ3) is 2.73. The molecule has 1 aromatic heterocycles. The van der Waals surface area contributed by atoms with Gasteiger partial charge < -0.3 is 9.84 Å². The third-order valence-corrected chi connectivity index (χ3v) is 4.53. The lowest BCUT2D eigenvalue weighted by Crippen LogP contribution is -2.38. The molecule has 1 aromatic rings. The van der Waals surface area contributed by atoms with E-state index in [1.54, 1.807) is 6.20 Å². The first-order valence-corrected chi connectivity index (χ1v) is 7.86. The lowest BCUT2D eigenvalue weighted by atomic mass is 9.92. The fourth-order valence-corrected chi connectivity index (χ4v) is 3.51. The molecule has 0 amide bonds. The standard InChI is InChI=1S/C14H23BrN2O2/c1-4-19-14(7-5-6-8-14)13(18)12-11(15)9-16-17(12)10(2)3/h9-10,13,18H,4-8H2,1-3H3. The molecule has 5 heteroatoms. The Hall–Kier alpha value is -0.390. The molecule has 0 saturated heterocycles. The monoisotopic (exact) mass is 330 g/mol. The van der Waals surface area contributed by atoms with Gasteiger partial charge in [-0.15, -0.1) is 0 Å². The summed E-state index contributed by atoms with van der Waals surface area (Å²) in [5.74, 6) is 0. The molecule has 108 valence electrons. The summed E-state index contributed by atoms with van der Waals surface area (Å²) >= 11 is 3.51. The summed E-state index contributed by atoms with van der Waals surface area (Å²) in [7, 11) is 0. The molecule has 1 fully saturated rings.